The summed E-state index contributed by atoms with van der Waals surface area (Å²) < 4.78 is 38.2. The Morgan fingerprint density at radius 3 is 2.44 bits per heavy atom. The Labute approximate surface area is 193 Å². The monoisotopic (exact) mass is 484 g/mol. The second-order valence-electron chi connectivity index (χ2n) is 7.21. The molecule has 11 nitrogen and oxygen atoms in total. The average Bonchev–Trinajstić information content (AvgIpc) is 3.18. The van der Waals surface area contributed by atoms with Crippen LogP contribution in [0, 0.1) is 0 Å². The van der Waals surface area contributed by atoms with Gasteiger partial charge in [0.1, 0.15) is 5.52 Å². The van der Waals surface area contributed by atoms with Crippen molar-refractivity contribution in [2.75, 3.05) is 16.6 Å². The summed E-state index contributed by atoms with van der Waals surface area (Å²) in [4.78, 5) is 40.8. The molecule has 1 amide bonds. The largest absolute Gasteiger partial charge is 0.513 e. The normalized spacial score (nSPS) is 11.4. The number of sulfonamides is 1. The Kier molecular flexibility index (Phi) is 5.99. The molecule has 0 radical (unpaired) electrons. The fourth-order valence-corrected chi connectivity index (χ4v) is 4.46. The summed E-state index contributed by atoms with van der Waals surface area (Å²) in [6.45, 7) is 3.09. The molecule has 0 atom stereocenters. The van der Waals surface area contributed by atoms with Gasteiger partial charge in [0.25, 0.3) is 15.6 Å². The van der Waals surface area contributed by atoms with Gasteiger partial charge in [0, 0.05) is 35.4 Å². The number of aromatic amines is 2. The van der Waals surface area contributed by atoms with Gasteiger partial charge in [0.2, 0.25) is 5.91 Å². The quantitative estimate of drug-likeness (QED) is 0.306. The van der Waals surface area contributed by atoms with Crippen LogP contribution in [0.2, 0.25) is 0 Å². The predicted molar refractivity (Wildman–Crippen MR) is 126 cm³/mol. The van der Waals surface area contributed by atoms with E-state index in [0.717, 1.165) is 0 Å². The number of H-pyrrole nitrogens is 2. The SMILES string of the molecule is CCOC(=O)Oc1c[nH]c2c(=O)[nH]c3ccc(NS(=O)(=O)c4ccc(NC(C)=O)cc4)cc3c12. The molecule has 0 saturated carbocycles. The highest BCUT2D eigenvalue weighted by Gasteiger charge is 2.18. The van der Waals surface area contributed by atoms with Gasteiger partial charge in [-0.25, -0.2) is 13.2 Å². The Morgan fingerprint density at radius 2 is 1.76 bits per heavy atom. The molecular formula is C22H20N4O7S. The first-order valence-electron chi connectivity index (χ1n) is 10.1. The third-order valence-corrected chi connectivity index (χ3v) is 6.20. The molecule has 0 spiro atoms. The first-order chi connectivity index (χ1) is 16.2. The molecule has 0 bridgehead atoms. The zero-order chi connectivity index (χ0) is 24.5. The Balaban J connectivity index is 1.72. The number of anilines is 2. The first-order valence-corrected chi connectivity index (χ1v) is 11.6. The van der Waals surface area contributed by atoms with Crippen molar-refractivity contribution in [1.29, 1.82) is 0 Å². The molecule has 2 heterocycles. The molecule has 12 heteroatoms. The number of carbonyl (C=O) groups excluding carboxylic acids is 2. The van der Waals surface area contributed by atoms with Gasteiger partial charge in [-0.15, -0.1) is 0 Å². The number of carbonyl (C=O) groups is 2. The van der Waals surface area contributed by atoms with Gasteiger partial charge in [0.05, 0.1) is 16.9 Å². The molecule has 4 N–H and O–H groups in total. The number of rotatable bonds is 6. The molecule has 0 fully saturated rings. The van der Waals surface area contributed by atoms with Crippen molar-refractivity contribution in [1.82, 2.24) is 9.97 Å². The van der Waals surface area contributed by atoms with Crippen LogP contribution in [-0.2, 0) is 19.6 Å². The van der Waals surface area contributed by atoms with E-state index >= 15 is 0 Å². The number of aromatic nitrogens is 2. The Bertz CT molecular complexity index is 1570. The van der Waals surface area contributed by atoms with Crippen LogP contribution in [0.3, 0.4) is 0 Å². The van der Waals surface area contributed by atoms with Crippen molar-refractivity contribution in [3.63, 3.8) is 0 Å². The van der Waals surface area contributed by atoms with E-state index in [9.17, 15) is 22.8 Å². The van der Waals surface area contributed by atoms with Crippen molar-refractivity contribution in [3.8, 4) is 5.75 Å². The number of nitrogens with one attached hydrogen (secondary N) is 4. The lowest BCUT2D eigenvalue weighted by molar-refractivity contribution is -0.114. The van der Waals surface area contributed by atoms with Crippen LogP contribution in [0.5, 0.6) is 5.75 Å². The second kappa shape index (κ2) is 8.90. The molecule has 0 unspecified atom stereocenters. The fourth-order valence-electron chi connectivity index (χ4n) is 3.41. The predicted octanol–water partition coefficient (Wildman–Crippen LogP) is 3.30. The van der Waals surface area contributed by atoms with E-state index < -0.39 is 21.7 Å². The molecule has 4 aromatic rings. The standard InChI is InChI=1S/C22H20N4O7S/c1-3-32-22(29)33-18-11-23-20-19(18)16-10-14(6-9-17(16)25-21(20)28)26-34(30,31)15-7-4-13(5-8-15)24-12(2)27/h4-11,23,26H,3H2,1-2H3,(H,24,27)(H,25,28). The van der Waals surface area contributed by atoms with Crippen LogP contribution in [0.1, 0.15) is 13.8 Å². The molecule has 4 rings (SSSR count). The van der Waals surface area contributed by atoms with E-state index in [1.165, 1.54) is 55.6 Å². The summed E-state index contributed by atoms with van der Waals surface area (Å²) in [5, 5.41) is 3.31. The van der Waals surface area contributed by atoms with Gasteiger partial charge in [-0.1, -0.05) is 0 Å². The highest BCUT2D eigenvalue weighted by molar-refractivity contribution is 7.92. The number of ether oxygens (including phenoxy) is 2. The maximum Gasteiger partial charge on any atom is 0.513 e. The maximum atomic E-state index is 12.9. The Morgan fingerprint density at radius 1 is 1.06 bits per heavy atom. The fraction of sp³-hybridized carbons (Fsp3) is 0.136. The summed E-state index contributed by atoms with van der Waals surface area (Å²) in [6.07, 6.45) is 0.417. The topological polar surface area (TPSA) is 159 Å². The van der Waals surface area contributed by atoms with Crippen LogP contribution in [0.4, 0.5) is 16.2 Å². The summed E-state index contributed by atoms with van der Waals surface area (Å²) in [7, 11) is -3.96. The van der Waals surface area contributed by atoms with E-state index in [1.54, 1.807) is 6.92 Å². The van der Waals surface area contributed by atoms with Gasteiger partial charge in [-0.3, -0.25) is 14.3 Å². The number of hydrogen-bond acceptors (Lipinski definition) is 7. The minimum absolute atomic E-state index is 0.0127. The highest BCUT2D eigenvalue weighted by Crippen LogP contribution is 2.32. The number of benzene rings is 2. The lowest BCUT2D eigenvalue weighted by Crippen LogP contribution is -2.13. The third-order valence-electron chi connectivity index (χ3n) is 4.80. The van der Waals surface area contributed by atoms with Crippen LogP contribution < -0.4 is 20.3 Å². The maximum absolute atomic E-state index is 12.9. The summed E-state index contributed by atoms with van der Waals surface area (Å²) in [5.74, 6) is -0.205. The molecular weight excluding hydrogens is 464 g/mol. The van der Waals surface area contributed by atoms with Crippen molar-refractivity contribution in [2.45, 2.75) is 18.7 Å². The lowest BCUT2D eigenvalue weighted by atomic mass is 10.1. The molecule has 2 aromatic heterocycles. The molecule has 0 aliphatic rings. The number of hydrogen-bond donors (Lipinski definition) is 4. The van der Waals surface area contributed by atoms with Crippen LogP contribution >= 0.6 is 0 Å². The summed E-state index contributed by atoms with van der Waals surface area (Å²) >= 11 is 0. The molecule has 0 aliphatic carbocycles. The molecule has 2 aromatic carbocycles. The van der Waals surface area contributed by atoms with Gasteiger partial charge >= 0.3 is 6.16 Å². The average molecular weight is 484 g/mol. The molecule has 0 aliphatic heterocycles. The van der Waals surface area contributed by atoms with Crippen LogP contribution in [-0.4, -0.2) is 37.1 Å². The van der Waals surface area contributed by atoms with Crippen molar-refractivity contribution in [2.24, 2.45) is 0 Å². The molecule has 34 heavy (non-hydrogen) atoms. The number of fused-ring (bicyclic) bond motifs is 3. The zero-order valence-corrected chi connectivity index (χ0v) is 18.9. The molecule has 0 saturated heterocycles. The van der Waals surface area contributed by atoms with E-state index in [0.29, 0.717) is 22.0 Å². The van der Waals surface area contributed by atoms with Gasteiger partial charge in [-0.2, -0.15) is 0 Å². The second-order valence-corrected chi connectivity index (χ2v) is 8.90. The smallest absolute Gasteiger partial charge is 0.434 e. The summed E-state index contributed by atoms with van der Waals surface area (Å²) in [5.41, 5.74) is 0.808. The summed E-state index contributed by atoms with van der Waals surface area (Å²) in [6, 6.07) is 10.2. The van der Waals surface area contributed by atoms with Gasteiger partial charge in [-0.05, 0) is 49.4 Å². The van der Waals surface area contributed by atoms with Crippen molar-refractivity contribution < 1.29 is 27.5 Å². The van der Waals surface area contributed by atoms with Crippen LogP contribution in [0.15, 0.2) is 58.4 Å². The third kappa shape index (κ3) is 4.57. The van der Waals surface area contributed by atoms with Crippen LogP contribution in [0.25, 0.3) is 21.8 Å². The Hall–Kier alpha value is -4.32. The minimum Gasteiger partial charge on any atom is -0.434 e. The van der Waals surface area contributed by atoms with Gasteiger partial charge in [0.15, 0.2) is 5.75 Å². The van der Waals surface area contributed by atoms with E-state index in [1.807, 2.05) is 0 Å². The van der Waals surface area contributed by atoms with Gasteiger partial charge < -0.3 is 24.8 Å². The first kappa shape index (κ1) is 22.9. The molecule has 176 valence electrons. The lowest BCUT2D eigenvalue weighted by Gasteiger charge is -2.11. The highest BCUT2D eigenvalue weighted by atomic mass is 32.2. The van der Waals surface area contributed by atoms with E-state index in [4.69, 9.17) is 9.47 Å². The zero-order valence-electron chi connectivity index (χ0n) is 18.1. The van der Waals surface area contributed by atoms with E-state index in [-0.39, 0.29) is 34.4 Å². The van der Waals surface area contributed by atoms with E-state index in [2.05, 4.69) is 20.0 Å². The number of amides is 1. The minimum atomic E-state index is -3.96. The number of pyridine rings is 1. The van der Waals surface area contributed by atoms with Crippen molar-refractivity contribution >= 4 is 55.3 Å². The van der Waals surface area contributed by atoms with Crippen molar-refractivity contribution in [3.05, 3.63) is 59.0 Å².